The van der Waals surface area contributed by atoms with E-state index in [2.05, 4.69) is 0 Å². The largest absolute Gasteiger partial charge is 0.493 e. The van der Waals surface area contributed by atoms with Crippen LogP contribution in [0.3, 0.4) is 0 Å². The third kappa shape index (κ3) is 5.70. The average molecular weight is 418 g/mol. The van der Waals surface area contributed by atoms with Crippen LogP contribution in [-0.4, -0.2) is 62.3 Å². The summed E-state index contributed by atoms with van der Waals surface area (Å²) in [5.74, 6) is 0.445. The number of nitro groups is 1. The lowest BCUT2D eigenvalue weighted by atomic mass is 9.90. The number of rotatable bonds is 8. The Morgan fingerprint density at radius 1 is 1.29 bits per heavy atom. The summed E-state index contributed by atoms with van der Waals surface area (Å²) in [6, 6.07) is 2.68. The lowest BCUT2D eigenvalue weighted by Gasteiger charge is -2.33. The molecule has 0 aromatic heterocycles. The van der Waals surface area contributed by atoms with Crippen LogP contribution in [0, 0.1) is 16.0 Å². The monoisotopic (exact) mass is 417 g/mol. The van der Waals surface area contributed by atoms with Crippen LogP contribution in [0.5, 0.6) is 11.5 Å². The zero-order valence-electron chi connectivity index (χ0n) is 16.4. The number of hydrogen-bond donors (Lipinski definition) is 1. The van der Waals surface area contributed by atoms with Gasteiger partial charge in [0, 0.05) is 32.3 Å². The molecule has 0 bridgehead atoms. The predicted molar refractivity (Wildman–Crippen MR) is 107 cm³/mol. The summed E-state index contributed by atoms with van der Waals surface area (Å²) in [6.45, 7) is 3.54. The minimum Gasteiger partial charge on any atom is -0.493 e. The molecule has 1 aliphatic rings. The number of nitro benzene ring substituents is 1. The number of halogens is 1. The van der Waals surface area contributed by atoms with Crippen molar-refractivity contribution in [1.82, 2.24) is 4.90 Å². The fourth-order valence-electron chi connectivity index (χ4n) is 3.18. The number of hydrogen-bond acceptors (Lipinski definition) is 7. The average Bonchev–Trinajstić information content (AvgIpc) is 2.67. The zero-order valence-corrected chi connectivity index (χ0v) is 17.2. The second kappa shape index (κ2) is 11.0. The molecule has 9 nitrogen and oxygen atoms in total. The molecule has 1 heterocycles. The number of benzene rings is 1. The van der Waals surface area contributed by atoms with Crippen molar-refractivity contribution in [3.05, 3.63) is 27.8 Å². The summed E-state index contributed by atoms with van der Waals surface area (Å²) in [7, 11) is 2.95. The van der Waals surface area contributed by atoms with Gasteiger partial charge in [-0.3, -0.25) is 14.9 Å². The van der Waals surface area contributed by atoms with E-state index < -0.39 is 4.92 Å². The van der Waals surface area contributed by atoms with E-state index in [1.165, 1.54) is 26.4 Å². The molecule has 1 aromatic carbocycles. The predicted octanol–water partition coefficient (Wildman–Crippen LogP) is 2.25. The van der Waals surface area contributed by atoms with E-state index in [-0.39, 0.29) is 53.7 Å². The van der Waals surface area contributed by atoms with E-state index in [0.717, 1.165) is 12.8 Å². The molecule has 0 spiro atoms. The normalized spacial score (nSPS) is 15.5. The van der Waals surface area contributed by atoms with Gasteiger partial charge in [0.05, 0.1) is 24.7 Å². The topological polar surface area (TPSA) is 117 Å². The summed E-state index contributed by atoms with van der Waals surface area (Å²) in [6.07, 6.45) is 1.57. The van der Waals surface area contributed by atoms with Gasteiger partial charge in [-0.15, -0.1) is 12.4 Å². The standard InChI is InChI=1S/C18H27N3O6.ClH/c1-12(19)13-4-6-20(7-5-13)18(22)14-10-16(26-3)17(27-9-8-25-2)11-15(14)21(23)24;/h10-13H,4-9,19H2,1-3H3;1H. The molecule has 1 aromatic rings. The number of nitrogens with two attached hydrogens (primary N) is 1. The highest BCUT2D eigenvalue weighted by molar-refractivity contribution is 5.99. The molecule has 0 aliphatic carbocycles. The van der Waals surface area contributed by atoms with Gasteiger partial charge in [-0.05, 0) is 25.7 Å². The number of amides is 1. The van der Waals surface area contributed by atoms with Gasteiger partial charge in [-0.25, -0.2) is 0 Å². The van der Waals surface area contributed by atoms with Crippen molar-refractivity contribution in [3.8, 4) is 11.5 Å². The van der Waals surface area contributed by atoms with Gasteiger partial charge < -0.3 is 24.8 Å². The van der Waals surface area contributed by atoms with E-state index >= 15 is 0 Å². The zero-order chi connectivity index (χ0) is 20.0. The number of methoxy groups -OCH3 is 2. The van der Waals surface area contributed by atoms with Crippen molar-refractivity contribution in [2.75, 3.05) is 40.5 Å². The summed E-state index contributed by atoms with van der Waals surface area (Å²) in [5.41, 5.74) is 5.63. The Morgan fingerprint density at radius 3 is 2.43 bits per heavy atom. The molecule has 1 aliphatic heterocycles. The molecule has 2 N–H and O–H groups in total. The van der Waals surface area contributed by atoms with Gasteiger partial charge in [0.25, 0.3) is 11.6 Å². The minimum absolute atomic E-state index is 0. The maximum Gasteiger partial charge on any atom is 0.286 e. The van der Waals surface area contributed by atoms with Gasteiger partial charge >= 0.3 is 0 Å². The number of likely N-dealkylation sites (tertiary alicyclic amines) is 1. The van der Waals surface area contributed by atoms with Crippen LogP contribution in [0.25, 0.3) is 0 Å². The smallest absolute Gasteiger partial charge is 0.286 e. The molecule has 10 heteroatoms. The number of piperidine rings is 1. The number of nitrogens with zero attached hydrogens (tertiary/aromatic N) is 2. The molecule has 2 rings (SSSR count). The lowest BCUT2D eigenvalue weighted by Crippen LogP contribution is -2.42. The molecular weight excluding hydrogens is 390 g/mol. The van der Waals surface area contributed by atoms with E-state index in [0.29, 0.717) is 25.6 Å². The Hall–Kier alpha value is -2.10. The molecular formula is C18H28ClN3O6. The molecule has 1 fully saturated rings. The molecule has 158 valence electrons. The van der Waals surface area contributed by atoms with Gasteiger partial charge in [0.15, 0.2) is 11.5 Å². The highest BCUT2D eigenvalue weighted by Gasteiger charge is 2.31. The quantitative estimate of drug-likeness (QED) is 0.391. The first-order valence-electron chi connectivity index (χ1n) is 8.92. The number of ether oxygens (including phenoxy) is 3. The van der Waals surface area contributed by atoms with Crippen LogP contribution in [0.15, 0.2) is 12.1 Å². The molecule has 1 unspecified atom stereocenters. The first kappa shape index (κ1) is 23.9. The van der Waals surface area contributed by atoms with Crippen LogP contribution < -0.4 is 15.2 Å². The van der Waals surface area contributed by atoms with Crippen molar-refractivity contribution in [3.63, 3.8) is 0 Å². The van der Waals surface area contributed by atoms with Gasteiger partial charge in [-0.2, -0.15) is 0 Å². The highest BCUT2D eigenvalue weighted by Crippen LogP contribution is 2.36. The van der Waals surface area contributed by atoms with Crippen LogP contribution in [0.4, 0.5) is 5.69 Å². The molecule has 28 heavy (non-hydrogen) atoms. The van der Waals surface area contributed by atoms with Crippen molar-refractivity contribution >= 4 is 24.0 Å². The highest BCUT2D eigenvalue weighted by atomic mass is 35.5. The van der Waals surface area contributed by atoms with Crippen molar-refractivity contribution in [2.45, 2.75) is 25.8 Å². The number of carbonyl (C=O) groups is 1. The molecule has 0 saturated carbocycles. The van der Waals surface area contributed by atoms with Crippen LogP contribution in [-0.2, 0) is 4.74 Å². The van der Waals surface area contributed by atoms with Crippen LogP contribution >= 0.6 is 12.4 Å². The Balaban J connectivity index is 0.00000392. The summed E-state index contributed by atoms with van der Waals surface area (Å²) in [4.78, 5) is 25.5. The minimum atomic E-state index is -0.579. The summed E-state index contributed by atoms with van der Waals surface area (Å²) < 4.78 is 15.7. The van der Waals surface area contributed by atoms with E-state index in [1.54, 1.807) is 4.90 Å². The molecule has 1 saturated heterocycles. The third-order valence-electron chi connectivity index (χ3n) is 4.82. The Morgan fingerprint density at radius 2 is 1.93 bits per heavy atom. The van der Waals surface area contributed by atoms with Crippen molar-refractivity contribution < 1.29 is 23.9 Å². The lowest BCUT2D eigenvalue weighted by molar-refractivity contribution is -0.385. The third-order valence-corrected chi connectivity index (χ3v) is 4.82. The second-order valence-electron chi connectivity index (χ2n) is 6.61. The van der Waals surface area contributed by atoms with Crippen LogP contribution in [0.2, 0.25) is 0 Å². The van der Waals surface area contributed by atoms with E-state index in [1.807, 2.05) is 6.92 Å². The summed E-state index contributed by atoms with van der Waals surface area (Å²) >= 11 is 0. The SMILES string of the molecule is COCCOc1cc([N+](=O)[O-])c(C(=O)N2CCC(C(C)N)CC2)cc1OC.Cl. The Labute approximate surface area is 170 Å². The van der Waals surface area contributed by atoms with Crippen molar-refractivity contribution in [2.24, 2.45) is 11.7 Å². The molecule has 1 atom stereocenters. The van der Waals surface area contributed by atoms with E-state index in [4.69, 9.17) is 19.9 Å². The van der Waals surface area contributed by atoms with E-state index in [9.17, 15) is 14.9 Å². The Bertz CT molecular complexity index is 678. The molecule has 0 radical (unpaired) electrons. The first-order valence-corrected chi connectivity index (χ1v) is 8.92. The van der Waals surface area contributed by atoms with Gasteiger partial charge in [0.1, 0.15) is 12.2 Å². The first-order chi connectivity index (χ1) is 12.9. The second-order valence-corrected chi connectivity index (χ2v) is 6.61. The maximum absolute atomic E-state index is 12.9. The van der Waals surface area contributed by atoms with Gasteiger partial charge in [-0.1, -0.05) is 0 Å². The number of carbonyl (C=O) groups excluding carboxylic acids is 1. The summed E-state index contributed by atoms with van der Waals surface area (Å²) in [5, 5.41) is 11.5. The fourth-order valence-corrected chi connectivity index (χ4v) is 3.18. The molecule has 1 amide bonds. The van der Waals surface area contributed by atoms with Crippen molar-refractivity contribution in [1.29, 1.82) is 0 Å². The van der Waals surface area contributed by atoms with Crippen LogP contribution in [0.1, 0.15) is 30.1 Å². The fraction of sp³-hybridized carbons (Fsp3) is 0.611. The van der Waals surface area contributed by atoms with Gasteiger partial charge in [0.2, 0.25) is 0 Å². The Kier molecular flexibility index (Phi) is 9.44. The maximum atomic E-state index is 12.9.